The summed E-state index contributed by atoms with van der Waals surface area (Å²) in [5.74, 6) is -0.129. The van der Waals surface area contributed by atoms with E-state index in [0.717, 1.165) is 27.6 Å². The van der Waals surface area contributed by atoms with Gasteiger partial charge >= 0.3 is 0 Å². The van der Waals surface area contributed by atoms with Gasteiger partial charge in [-0.2, -0.15) is 12.7 Å². The maximum atomic E-state index is 13.2. The zero-order valence-electron chi connectivity index (χ0n) is 19.0. The van der Waals surface area contributed by atoms with Gasteiger partial charge in [0.15, 0.2) is 0 Å². The van der Waals surface area contributed by atoms with E-state index in [1.165, 1.54) is 4.31 Å². The molecule has 174 valence electrons. The zero-order valence-corrected chi connectivity index (χ0v) is 19.8. The van der Waals surface area contributed by atoms with Gasteiger partial charge in [-0.3, -0.25) is 4.79 Å². The van der Waals surface area contributed by atoms with Crippen LogP contribution in [0.3, 0.4) is 0 Å². The van der Waals surface area contributed by atoms with Gasteiger partial charge in [-0.25, -0.2) is 5.14 Å². The molecule has 0 aromatic heterocycles. The Morgan fingerprint density at radius 2 is 1.76 bits per heavy atom. The first-order chi connectivity index (χ1) is 15.7. The van der Waals surface area contributed by atoms with Crippen molar-refractivity contribution in [2.24, 2.45) is 5.14 Å². The molecule has 0 saturated carbocycles. The average molecular weight is 467 g/mol. The molecule has 3 aromatic carbocycles. The van der Waals surface area contributed by atoms with Gasteiger partial charge in [-0.1, -0.05) is 48.5 Å². The van der Waals surface area contributed by atoms with E-state index in [2.05, 4.69) is 28.4 Å². The molecule has 0 radical (unpaired) electrons. The van der Waals surface area contributed by atoms with Gasteiger partial charge in [-0.05, 0) is 54.3 Å². The first-order valence-corrected chi connectivity index (χ1v) is 12.7. The van der Waals surface area contributed by atoms with Crippen molar-refractivity contribution in [3.05, 3.63) is 77.4 Å². The number of aryl methyl sites for hydroxylation is 1. The topological polar surface area (TPSA) is 95.7 Å². The van der Waals surface area contributed by atoms with E-state index in [4.69, 9.17) is 5.14 Å². The molecule has 7 nitrogen and oxygen atoms in total. The Balaban J connectivity index is 1.53. The molecule has 1 aliphatic heterocycles. The van der Waals surface area contributed by atoms with Crippen molar-refractivity contribution in [2.75, 3.05) is 31.1 Å². The van der Waals surface area contributed by atoms with Crippen molar-refractivity contribution in [3.8, 4) is 0 Å². The van der Waals surface area contributed by atoms with Gasteiger partial charge < -0.3 is 10.2 Å². The highest BCUT2D eigenvalue weighted by molar-refractivity contribution is 7.86. The third-order valence-corrected chi connectivity index (χ3v) is 7.37. The standard InChI is InChI=1S/C25H30N4O3S/c1-18-11-12-21(28-13-6-14-29(16-15-28)33(26,31)32)17-24(18)25(30)27-19(2)22-10-5-8-20-7-3-4-9-23(20)22/h3-5,7-12,17,19H,6,13-16H2,1-2H3,(H,27,30)(H2,26,31,32)/t19-/m1/s1. The molecule has 0 spiro atoms. The molecule has 33 heavy (non-hydrogen) atoms. The molecule has 1 fully saturated rings. The van der Waals surface area contributed by atoms with Crippen molar-refractivity contribution in [1.82, 2.24) is 9.62 Å². The number of carbonyl (C=O) groups is 1. The Morgan fingerprint density at radius 1 is 1.00 bits per heavy atom. The molecular weight excluding hydrogens is 436 g/mol. The van der Waals surface area contributed by atoms with Crippen LogP contribution in [0.1, 0.15) is 40.9 Å². The molecule has 3 aromatic rings. The van der Waals surface area contributed by atoms with Gasteiger partial charge in [0.05, 0.1) is 6.04 Å². The zero-order chi connectivity index (χ0) is 23.6. The lowest BCUT2D eigenvalue weighted by molar-refractivity contribution is 0.0939. The molecule has 0 aliphatic carbocycles. The van der Waals surface area contributed by atoms with Crippen LogP contribution in [0.15, 0.2) is 60.7 Å². The van der Waals surface area contributed by atoms with Gasteiger partial charge in [0.1, 0.15) is 0 Å². The number of benzene rings is 3. The fourth-order valence-electron chi connectivity index (χ4n) is 4.44. The predicted octanol–water partition coefficient (Wildman–Crippen LogP) is 3.35. The minimum Gasteiger partial charge on any atom is -0.370 e. The van der Waals surface area contributed by atoms with Crippen LogP contribution >= 0.6 is 0 Å². The van der Waals surface area contributed by atoms with E-state index in [1.807, 2.05) is 56.3 Å². The molecule has 1 amide bonds. The van der Waals surface area contributed by atoms with Crippen LogP contribution < -0.4 is 15.4 Å². The van der Waals surface area contributed by atoms with Crippen LogP contribution in [0, 0.1) is 6.92 Å². The summed E-state index contributed by atoms with van der Waals surface area (Å²) in [5, 5.41) is 10.7. The molecule has 1 saturated heterocycles. The number of hydrogen-bond acceptors (Lipinski definition) is 4. The van der Waals surface area contributed by atoms with E-state index in [9.17, 15) is 13.2 Å². The number of nitrogens with zero attached hydrogens (tertiary/aromatic N) is 2. The number of amides is 1. The van der Waals surface area contributed by atoms with Crippen LogP contribution in [0.2, 0.25) is 0 Å². The second-order valence-electron chi connectivity index (χ2n) is 8.55. The molecule has 1 atom stereocenters. The van der Waals surface area contributed by atoms with Crippen LogP contribution in [0.4, 0.5) is 5.69 Å². The minimum absolute atomic E-state index is 0.129. The van der Waals surface area contributed by atoms with Crippen molar-refractivity contribution < 1.29 is 13.2 Å². The molecule has 8 heteroatoms. The molecular formula is C25H30N4O3S. The number of fused-ring (bicyclic) bond motifs is 1. The Morgan fingerprint density at radius 3 is 2.55 bits per heavy atom. The Kier molecular flexibility index (Phi) is 6.69. The number of rotatable bonds is 5. The fourth-order valence-corrected chi connectivity index (χ4v) is 5.16. The smallest absolute Gasteiger partial charge is 0.276 e. The van der Waals surface area contributed by atoms with Gasteiger partial charge in [-0.15, -0.1) is 0 Å². The summed E-state index contributed by atoms with van der Waals surface area (Å²) in [6, 6.07) is 19.9. The summed E-state index contributed by atoms with van der Waals surface area (Å²) in [4.78, 5) is 15.3. The van der Waals surface area contributed by atoms with Gasteiger partial charge in [0.25, 0.3) is 16.1 Å². The largest absolute Gasteiger partial charge is 0.370 e. The van der Waals surface area contributed by atoms with E-state index >= 15 is 0 Å². The molecule has 3 N–H and O–H groups in total. The lowest BCUT2D eigenvalue weighted by Gasteiger charge is -2.24. The summed E-state index contributed by atoms with van der Waals surface area (Å²) < 4.78 is 24.7. The average Bonchev–Trinajstić information content (AvgIpc) is 3.05. The van der Waals surface area contributed by atoms with E-state index in [0.29, 0.717) is 38.2 Å². The third kappa shape index (κ3) is 5.19. The molecule has 0 bridgehead atoms. The summed E-state index contributed by atoms with van der Waals surface area (Å²) in [6.07, 6.45) is 0.671. The van der Waals surface area contributed by atoms with Gasteiger partial charge in [0.2, 0.25) is 0 Å². The first-order valence-electron chi connectivity index (χ1n) is 11.2. The van der Waals surface area contributed by atoms with Crippen molar-refractivity contribution in [2.45, 2.75) is 26.3 Å². The van der Waals surface area contributed by atoms with Crippen molar-refractivity contribution >= 4 is 32.6 Å². The Hall–Kier alpha value is -2.94. The minimum atomic E-state index is -3.70. The van der Waals surface area contributed by atoms with Gasteiger partial charge in [0, 0.05) is 37.4 Å². The fraction of sp³-hybridized carbons (Fsp3) is 0.320. The summed E-state index contributed by atoms with van der Waals surface area (Å²) >= 11 is 0. The summed E-state index contributed by atoms with van der Waals surface area (Å²) in [5.41, 5.74) is 3.49. The lowest BCUT2D eigenvalue weighted by atomic mass is 9.99. The van der Waals surface area contributed by atoms with Crippen LogP contribution in [-0.4, -0.2) is 44.8 Å². The predicted molar refractivity (Wildman–Crippen MR) is 133 cm³/mol. The normalized spacial score (nSPS) is 16.4. The van der Waals surface area contributed by atoms with E-state index in [-0.39, 0.29) is 11.9 Å². The molecule has 4 rings (SSSR count). The maximum absolute atomic E-state index is 13.2. The van der Waals surface area contributed by atoms with E-state index < -0.39 is 10.2 Å². The number of anilines is 1. The third-order valence-electron chi connectivity index (χ3n) is 6.28. The highest BCUT2D eigenvalue weighted by atomic mass is 32.2. The maximum Gasteiger partial charge on any atom is 0.276 e. The highest BCUT2D eigenvalue weighted by Crippen LogP contribution is 2.26. The number of carbonyl (C=O) groups excluding carboxylic acids is 1. The van der Waals surface area contributed by atoms with Crippen molar-refractivity contribution in [3.63, 3.8) is 0 Å². The molecule has 0 unspecified atom stereocenters. The van der Waals surface area contributed by atoms with Crippen LogP contribution in [0.25, 0.3) is 10.8 Å². The number of nitrogens with one attached hydrogen (secondary N) is 1. The summed E-state index contributed by atoms with van der Waals surface area (Å²) in [6.45, 7) is 5.86. The molecule has 1 aliphatic rings. The quantitative estimate of drug-likeness (QED) is 0.603. The second-order valence-corrected chi connectivity index (χ2v) is 10.1. The van der Waals surface area contributed by atoms with Crippen LogP contribution in [0.5, 0.6) is 0 Å². The number of hydrogen-bond donors (Lipinski definition) is 2. The SMILES string of the molecule is Cc1ccc(N2CCCN(S(N)(=O)=O)CC2)cc1C(=O)N[C@H](C)c1cccc2ccccc12. The lowest BCUT2D eigenvalue weighted by Crippen LogP contribution is -2.39. The van der Waals surface area contributed by atoms with Crippen molar-refractivity contribution in [1.29, 1.82) is 0 Å². The molecule has 1 heterocycles. The number of nitrogens with two attached hydrogens (primary N) is 1. The monoisotopic (exact) mass is 466 g/mol. The second kappa shape index (κ2) is 9.51. The first kappa shape index (κ1) is 23.2. The Bertz CT molecular complexity index is 1270. The summed E-state index contributed by atoms with van der Waals surface area (Å²) in [7, 11) is -3.70. The Labute approximate surface area is 195 Å². The van der Waals surface area contributed by atoms with E-state index in [1.54, 1.807) is 0 Å². The van der Waals surface area contributed by atoms with Crippen LogP contribution in [-0.2, 0) is 10.2 Å². The highest BCUT2D eigenvalue weighted by Gasteiger charge is 2.23.